The third-order valence-corrected chi connectivity index (χ3v) is 18.7. The fraction of sp³-hybridized carbons (Fsp3) is 0.433. The van der Waals surface area contributed by atoms with Crippen molar-refractivity contribution in [3.8, 4) is 57.1 Å². The summed E-state index contributed by atoms with van der Waals surface area (Å²) in [4.78, 5) is 117. The Bertz CT molecular complexity index is 4070. The Hall–Kier alpha value is -9.00. The molecular formula is C67H76Cl2N8O24. The maximum absolute atomic E-state index is 16.0. The zero-order chi connectivity index (χ0) is 73.5. The standard InChI is InChI=1S/C67H76Cl2N8O24/c1-24(2)12-36(72-5)61(90)77-52-54(85)28-8-11-42(35(69)15-28)98-44-17-29-16-43(57(44)101-66-58(56(87)55(86)45(23-78)99-66)100-47-22-67(4,71)59(88)25(3)96-47)97-41-10-7-27(14-34(41)68)53(84)33-20-40(82)49(74-63(92)50(29)75-62(91)37(21-46(70)83)73-64(52)93)26-6-9-38(80)31(13-26)48-32(18-30(79)19-39(48)81)51(65(94)95)76-60(33)89/h6-11,13-19,24-25,33,36-37,45,47,49-56,58-59,66,72,78-81,84-88H,12,20-23,71H2,1-5H3,(H2,70,83)(H,73,93)(H,74,92)(H,75,91)(H,76,89)(H,77,90)(H,94,95)/t25-,33-,36+,37-,45?,47-,49?,50+,51+,52?,53+,54+,55+,56-,58+,59+,66-,67-/m0/s1. The number of benzene rings is 5. The van der Waals surface area contributed by atoms with Crippen LogP contribution >= 0.6 is 23.2 Å². The number of likely N-dealkylation sites (N-methyl/N-ethyl adjacent to an activating group) is 1. The van der Waals surface area contributed by atoms with Crippen LogP contribution in [0, 0.1) is 11.8 Å². The van der Waals surface area contributed by atoms with Crippen LogP contribution in [-0.2, 0) is 52.6 Å². The number of aliphatic hydroxyl groups is 6. The van der Waals surface area contributed by atoms with Crippen LogP contribution in [-0.4, -0.2) is 185 Å². The first-order valence-corrected chi connectivity index (χ1v) is 32.6. The highest BCUT2D eigenvalue weighted by molar-refractivity contribution is 6.32. The molecule has 7 heterocycles. The number of carboxylic acids is 1. The first kappa shape index (κ1) is 74.7. The van der Waals surface area contributed by atoms with Gasteiger partial charge in [0.15, 0.2) is 35.7 Å². The van der Waals surface area contributed by atoms with Gasteiger partial charge in [-0.1, -0.05) is 55.2 Å². The second-order valence-corrected chi connectivity index (χ2v) is 26.8. The van der Waals surface area contributed by atoms with E-state index in [-0.39, 0.29) is 52.0 Å². The number of nitrogens with one attached hydrogen (secondary N) is 6. The normalized spacial score (nSPS) is 29.5. The van der Waals surface area contributed by atoms with E-state index in [0.717, 1.165) is 60.7 Å². The number of phenols is 3. The Balaban J connectivity index is 1.24. The molecule has 6 amide bonds. The number of aromatic hydroxyl groups is 3. The number of phenolic OH excluding ortho intramolecular Hbond substituents is 3. The summed E-state index contributed by atoms with van der Waals surface area (Å²) < 4.78 is 38.3. The minimum Gasteiger partial charge on any atom is -0.508 e. The predicted octanol–water partition coefficient (Wildman–Crippen LogP) is 1.20. The van der Waals surface area contributed by atoms with Crippen molar-refractivity contribution in [3.63, 3.8) is 0 Å². The van der Waals surface area contributed by atoms with E-state index in [9.17, 15) is 75.0 Å². The molecule has 0 aromatic heterocycles. The first-order chi connectivity index (χ1) is 47.7. The van der Waals surface area contributed by atoms with Crippen molar-refractivity contribution >= 4 is 70.4 Å². The van der Waals surface area contributed by atoms with Gasteiger partial charge in [-0.3, -0.25) is 33.6 Å². The number of aliphatic hydroxyl groups excluding tert-OH is 6. The number of carbonyl (C=O) groups excluding carboxylic acids is 7. The highest BCUT2D eigenvalue weighted by Crippen LogP contribution is 2.50. The SMILES string of the molecule is CN[C@H](CC(C)C)C(=O)NC1C(=O)N[C@@H](CC(N)=O)C(=O)N[C@H]2C(=O)NC3C(=O)C[C@H](C(=O)N[C@@H](C(=O)O)c4cc(O)cc(O)c4-c4cc3ccc4O)[C@H](O)c3ccc(c(Cl)c3)Oc3cc2cc(c3O[C@@H]2OC(CO)[C@@H](O)[C@H](O)[C@H]2O[C@H]2C[C@](C)(N)[C@H](O)[C@H](C)O2)Oc2ccc(cc2Cl)[C@H]1O. The van der Waals surface area contributed by atoms with Gasteiger partial charge in [0, 0.05) is 41.1 Å². The molecule has 0 saturated carbocycles. The molecule has 3 unspecified atom stereocenters. The molecule has 2 saturated heterocycles. The summed E-state index contributed by atoms with van der Waals surface area (Å²) in [7, 11) is 1.48. The van der Waals surface area contributed by atoms with Gasteiger partial charge < -0.3 is 123 Å². The van der Waals surface area contributed by atoms with E-state index in [1.54, 1.807) is 0 Å². The largest absolute Gasteiger partial charge is 0.508 e. The molecule has 20 N–H and O–H groups in total. The number of ether oxygens (including phenoxy) is 6. The fourth-order valence-electron chi connectivity index (χ4n) is 12.8. The summed E-state index contributed by atoms with van der Waals surface area (Å²) in [6, 6.07) is 2.12. The number of carboxylic acid groups (broad SMARTS) is 1. The second-order valence-electron chi connectivity index (χ2n) is 26.0. The molecule has 11 bridgehead atoms. The maximum atomic E-state index is 16.0. The minimum absolute atomic E-state index is 0.0941. The number of Topliss-reactive ketones (excluding diaryl/α,β-unsaturated/α-hetero) is 1. The molecule has 0 radical (unpaired) electrons. The molecule has 0 spiro atoms. The van der Waals surface area contributed by atoms with Gasteiger partial charge in [-0.15, -0.1) is 0 Å². The number of halogens is 2. The minimum atomic E-state index is -2.32. The summed E-state index contributed by atoms with van der Waals surface area (Å²) in [5.74, 6) is -17.4. The monoisotopic (exact) mass is 1450 g/mol. The van der Waals surface area contributed by atoms with Gasteiger partial charge in [0.2, 0.25) is 47.5 Å². The Morgan fingerprint density at radius 3 is 1.94 bits per heavy atom. The van der Waals surface area contributed by atoms with E-state index in [0.29, 0.717) is 0 Å². The van der Waals surface area contributed by atoms with Crippen molar-refractivity contribution in [3.05, 3.63) is 117 Å². The summed E-state index contributed by atoms with van der Waals surface area (Å²) in [5.41, 5.74) is 8.24. The van der Waals surface area contributed by atoms with E-state index in [2.05, 4.69) is 31.9 Å². The van der Waals surface area contributed by atoms with Crippen molar-refractivity contribution in [2.75, 3.05) is 13.7 Å². The van der Waals surface area contributed by atoms with E-state index in [1.807, 2.05) is 13.8 Å². The smallest absolute Gasteiger partial charge is 0.330 e. The molecule has 2 fully saturated rings. The average molecular weight is 1450 g/mol. The van der Waals surface area contributed by atoms with Crippen LogP contribution < -0.4 is 57.6 Å². The molecule has 5 aromatic carbocycles. The number of fused-ring (bicyclic) bond motifs is 15. The van der Waals surface area contributed by atoms with Gasteiger partial charge in [-0.05, 0) is 110 Å². The summed E-state index contributed by atoms with van der Waals surface area (Å²) in [6.45, 7) is 5.68. The second kappa shape index (κ2) is 30.3. The number of amides is 6. The van der Waals surface area contributed by atoms with Crippen LogP contribution in [0.4, 0.5) is 0 Å². The van der Waals surface area contributed by atoms with E-state index in [1.165, 1.54) is 39.1 Å². The number of ketones is 1. The zero-order valence-corrected chi connectivity index (χ0v) is 56.0. The molecule has 7 aliphatic heterocycles. The maximum Gasteiger partial charge on any atom is 0.330 e. The number of hydrogen-bond acceptors (Lipinski definition) is 25. The molecule has 34 heteroatoms. The highest BCUT2D eigenvalue weighted by Gasteiger charge is 2.51. The van der Waals surface area contributed by atoms with Crippen molar-refractivity contribution in [1.29, 1.82) is 0 Å². The van der Waals surface area contributed by atoms with Crippen LogP contribution in [0.3, 0.4) is 0 Å². The van der Waals surface area contributed by atoms with Crippen LogP contribution in [0.5, 0.6) is 46.0 Å². The molecule has 12 rings (SSSR count). The predicted molar refractivity (Wildman–Crippen MR) is 350 cm³/mol. The molecule has 542 valence electrons. The van der Waals surface area contributed by atoms with Crippen LogP contribution in [0.15, 0.2) is 78.9 Å². The molecule has 0 aliphatic carbocycles. The number of carbonyl (C=O) groups is 8. The molecule has 18 atom stereocenters. The lowest BCUT2D eigenvalue weighted by molar-refractivity contribution is -0.333. The number of nitrogens with two attached hydrogens (primary N) is 2. The third-order valence-electron chi connectivity index (χ3n) is 18.1. The summed E-state index contributed by atoms with van der Waals surface area (Å²) in [5, 5.41) is 128. The quantitative estimate of drug-likeness (QED) is 0.0787. The molecule has 5 aromatic rings. The topological polar surface area (TPSA) is 518 Å². The van der Waals surface area contributed by atoms with Crippen molar-refractivity contribution < 1.29 is 118 Å². The van der Waals surface area contributed by atoms with Crippen molar-refractivity contribution in [1.82, 2.24) is 31.9 Å². The van der Waals surface area contributed by atoms with Crippen LogP contribution in [0.25, 0.3) is 11.1 Å². The van der Waals surface area contributed by atoms with Gasteiger partial charge in [-0.25, -0.2) is 4.79 Å². The van der Waals surface area contributed by atoms with E-state index < -0.39 is 238 Å². The zero-order valence-electron chi connectivity index (χ0n) is 54.5. The highest BCUT2D eigenvalue weighted by atomic mass is 35.5. The lowest BCUT2D eigenvalue weighted by atomic mass is 9.84. The van der Waals surface area contributed by atoms with Gasteiger partial charge in [-0.2, -0.15) is 0 Å². The summed E-state index contributed by atoms with van der Waals surface area (Å²) >= 11 is 14.1. The van der Waals surface area contributed by atoms with Gasteiger partial charge >= 0.3 is 5.97 Å². The van der Waals surface area contributed by atoms with Crippen molar-refractivity contribution in [2.45, 2.75) is 157 Å². The number of aliphatic carboxylic acids is 1. The lowest BCUT2D eigenvalue weighted by Crippen LogP contribution is -2.64. The van der Waals surface area contributed by atoms with Gasteiger partial charge in [0.25, 0.3) is 0 Å². The van der Waals surface area contributed by atoms with Gasteiger partial charge in [0.05, 0.1) is 53.3 Å². The first-order valence-electron chi connectivity index (χ1n) is 31.8. The van der Waals surface area contributed by atoms with Crippen LogP contribution in [0.1, 0.15) is 112 Å². The van der Waals surface area contributed by atoms with Gasteiger partial charge in [0.1, 0.15) is 77.3 Å². The Morgan fingerprint density at radius 1 is 0.733 bits per heavy atom. The number of hydrogen-bond donors (Lipinski definition) is 18. The number of primary amides is 1. The Labute approximate surface area is 585 Å². The Kier molecular flexibility index (Phi) is 22.4. The molecular weight excluding hydrogens is 1370 g/mol. The Morgan fingerprint density at radius 2 is 1.36 bits per heavy atom. The van der Waals surface area contributed by atoms with Crippen LogP contribution in [0.2, 0.25) is 10.0 Å². The molecule has 7 aliphatic rings. The lowest BCUT2D eigenvalue weighted by Gasteiger charge is -2.47. The average Bonchev–Trinajstić information content (AvgIpc) is 0.775. The van der Waals surface area contributed by atoms with E-state index in [4.69, 9.17) is 63.1 Å². The fourth-order valence-corrected chi connectivity index (χ4v) is 13.2. The summed E-state index contributed by atoms with van der Waals surface area (Å²) in [6.07, 6.45) is -19.5. The van der Waals surface area contributed by atoms with E-state index >= 15 is 14.4 Å². The molecule has 101 heavy (non-hydrogen) atoms. The third kappa shape index (κ3) is 15.9. The molecule has 32 nitrogen and oxygen atoms in total. The van der Waals surface area contributed by atoms with Crippen molar-refractivity contribution in [2.24, 2.45) is 23.3 Å². The number of rotatable bonds is 13.